The molecule has 17 heavy (non-hydrogen) atoms. The molecule has 0 aliphatic heterocycles. The predicted molar refractivity (Wildman–Crippen MR) is 68.6 cm³/mol. The van der Waals surface area contributed by atoms with E-state index in [0.29, 0.717) is 0 Å². The summed E-state index contributed by atoms with van der Waals surface area (Å²) < 4.78 is 1.82. The van der Waals surface area contributed by atoms with Gasteiger partial charge < -0.3 is 0 Å². The number of fused-ring (bicyclic) bond motifs is 1. The van der Waals surface area contributed by atoms with Crippen LogP contribution in [0.4, 0.5) is 0 Å². The Balaban J connectivity index is 2.38. The van der Waals surface area contributed by atoms with Crippen molar-refractivity contribution in [1.29, 1.82) is 0 Å². The SMILES string of the molecule is Cc1ccc2c(=O)[nH]n(-c3ccccc3)c2c1. The smallest absolute Gasteiger partial charge is 0.267 e. The zero-order chi connectivity index (χ0) is 11.8. The van der Waals surface area contributed by atoms with Gasteiger partial charge in [0.2, 0.25) is 0 Å². The quantitative estimate of drug-likeness (QED) is 0.678. The molecule has 3 heteroatoms. The average molecular weight is 224 g/mol. The van der Waals surface area contributed by atoms with Gasteiger partial charge in [-0.25, -0.2) is 0 Å². The highest BCUT2D eigenvalue weighted by Gasteiger charge is 2.07. The molecule has 1 aromatic heterocycles. The molecule has 2 aromatic carbocycles. The number of aryl methyl sites for hydroxylation is 1. The van der Waals surface area contributed by atoms with Crippen molar-refractivity contribution in [2.45, 2.75) is 6.92 Å². The summed E-state index contributed by atoms with van der Waals surface area (Å²) in [4.78, 5) is 11.8. The number of rotatable bonds is 1. The fourth-order valence-corrected chi connectivity index (χ4v) is 2.02. The van der Waals surface area contributed by atoms with E-state index in [1.54, 1.807) is 0 Å². The van der Waals surface area contributed by atoms with Gasteiger partial charge in [-0.05, 0) is 36.8 Å². The molecule has 0 radical (unpaired) electrons. The van der Waals surface area contributed by atoms with Crippen LogP contribution < -0.4 is 5.56 Å². The third-order valence-corrected chi connectivity index (χ3v) is 2.87. The predicted octanol–water partition coefficient (Wildman–Crippen LogP) is 2.63. The van der Waals surface area contributed by atoms with Crippen molar-refractivity contribution in [2.75, 3.05) is 0 Å². The third kappa shape index (κ3) is 1.56. The van der Waals surface area contributed by atoms with Crippen LogP contribution in [0.1, 0.15) is 5.56 Å². The summed E-state index contributed by atoms with van der Waals surface area (Å²) in [5.74, 6) is 0. The average Bonchev–Trinajstić information content (AvgIpc) is 2.67. The Morgan fingerprint density at radius 1 is 1.06 bits per heavy atom. The van der Waals surface area contributed by atoms with Crippen molar-refractivity contribution < 1.29 is 0 Å². The van der Waals surface area contributed by atoms with Gasteiger partial charge in [0, 0.05) is 0 Å². The van der Waals surface area contributed by atoms with Gasteiger partial charge in [0.05, 0.1) is 16.6 Å². The molecule has 0 saturated heterocycles. The molecule has 0 saturated carbocycles. The number of nitrogens with one attached hydrogen (secondary N) is 1. The first-order valence-corrected chi connectivity index (χ1v) is 5.52. The molecule has 3 nitrogen and oxygen atoms in total. The zero-order valence-electron chi connectivity index (χ0n) is 9.47. The van der Waals surface area contributed by atoms with Gasteiger partial charge in [-0.3, -0.25) is 14.6 Å². The lowest BCUT2D eigenvalue weighted by Crippen LogP contribution is -2.03. The Morgan fingerprint density at radius 2 is 1.82 bits per heavy atom. The van der Waals surface area contributed by atoms with E-state index in [-0.39, 0.29) is 5.56 Å². The monoisotopic (exact) mass is 224 g/mol. The maximum absolute atomic E-state index is 11.8. The normalized spacial score (nSPS) is 10.9. The number of aromatic nitrogens is 2. The number of para-hydroxylation sites is 1. The van der Waals surface area contributed by atoms with Crippen molar-refractivity contribution in [2.24, 2.45) is 0 Å². The molecule has 3 rings (SSSR count). The highest BCUT2D eigenvalue weighted by Crippen LogP contribution is 2.16. The van der Waals surface area contributed by atoms with E-state index in [2.05, 4.69) is 5.10 Å². The number of hydrogen-bond acceptors (Lipinski definition) is 1. The molecule has 0 spiro atoms. The Morgan fingerprint density at radius 3 is 2.59 bits per heavy atom. The van der Waals surface area contributed by atoms with Crippen molar-refractivity contribution in [3.63, 3.8) is 0 Å². The van der Waals surface area contributed by atoms with Gasteiger partial charge in [0.25, 0.3) is 5.56 Å². The van der Waals surface area contributed by atoms with Crippen LogP contribution in [0, 0.1) is 6.92 Å². The summed E-state index contributed by atoms with van der Waals surface area (Å²) >= 11 is 0. The molecule has 0 atom stereocenters. The van der Waals surface area contributed by atoms with E-state index in [1.165, 1.54) is 0 Å². The maximum Gasteiger partial charge on any atom is 0.272 e. The largest absolute Gasteiger partial charge is 0.272 e. The molecule has 84 valence electrons. The highest BCUT2D eigenvalue weighted by molar-refractivity contribution is 5.80. The first kappa shape index (κ1) is 9.90. The van der Waals surface area contributed by atoms with Gasteiger partial charge in [0.1, 0.15) is 0 Å². The first-order chi connectivity index (χ1) is 8.25. The maximum atomic E-state index is 11.8. The Hall–Kier alpha value is -2.29. The zero-order valence-corrected chi connectivity index (χ0v) is 9.47. The Bertz CT molecular complexity index is 723. The fourth-order valence-electron chi connectivity index (χ4n) is 2.02. The Kier molecular flexibility index (Phi) is 2.11. The van der Waals surface area contributed by atoms with Gasteiger partial charge in [-0.1, -0.05) is 24.3 Å². The number of hydrogen-bond donors (Lipinski definition) is 1. The molecule has 1 N–H and O–H groups in total. The molecular formula is C14H12N2O. The first-order valence-electron chi connectivity index (χ1n) is 5.52. The van der Waals surface area contributed by atoms with Crippen LogP contribution >= 0.6 is 0 Å². The summed E-state index contributed by atoms with van der Waals surface area (Å²) in [5, 5.41) is 3.58. The second-order valence-electron chi connectivity index (χ2n) is 4.13. The third-order valence-electron chi connectivity index (χ3n) is 2.87. The van der Waals surface area contributed by atoms with E-state index in [1.807, 2.05) is 60.1 Å². The van der Waals surface area contributed by atoms with E-state index in [0.717, 1.165) is 22.2 Å². The van der Waals surface area contributed by atoms with Crippen molar-refractivity contribution in [1.82, 2.24) is 9.78 Å². The molecule has 0 unspecified atom stereocenters. The summed E-state index contributed by atoms with van der Waals surface area (Å²) in [7, 11) is 0. The topological polar surface area (TPSA) is 37.8 Å². The number of nitrogens with zero attached hydrogens (tertiary/aromatic N) is 1. The summed E-state index contributed by atoms with van der Waals surface area (Å²) in [6.45, 7) is 2.02. The van der Waals surface area contributed by atoms with Gasteiger partial charge in [0.15, 0.2) is 0 Å². The summed E-state index contributed by atoms with van der Waals surface area (Å²) in [6, 6.07) is 15.6. The fraction of sp³-hybridized carbons (Fsp3) is 0.0714. The van der Waals surface area contributed by atoms with Crippen molar-refractivity contribution >= 4 is 10.9 Å². The second kappa shape index (κ2) is 3.63. The number of H-pyrrole nitrogens is 1. The second-order valence-corrected chi connectivity index (χ2v) is 4.13. The molecule has 0 bridgehead atoms. The lowest BCUT2D eigenvalue weighted by molar-refractivity contribution is 0.891. The molecule has 0 amide bonds. The van der Waals surface area contributed by atoms with Gasteiger partial charge >= 0.3 is 0 Å². The van der Waals surface area contributed by atoms with Crippen LogP contribution in [0.3, 0.4) is 0 Å². The highest BCUT2D eigenvalue weighted by atomic mass is 16.1. The minimum Gasteiger partial charge on any atom is -0.267 e. The Labute approximate surface area is 98.3 Å². The lowest BCUT2D eigenvalue weighted by atomic mass is 10.2. The summed E-state index contributed by atoms with van der Waals surface area (Å²) in [6.07, 6.45) is 0. The van der Waals surface area contributed by atoms with E-state index >= 15 is 0 Å². The molecule has 0 aliphatic rings. The minimum absolute atomic E-state index is 0.0520. The molecule has 1 heterocycles. The molecule has 0 fully saturated rings. The number of aromatic amines is 1. The minimum atomic E-state index is -0.0520. The van der Waals surface area contributed by atoms with Crippen molar-refractivity contribution in [3.8, 4) is 5.69 Å². The van der Waals surface area contributed by atoms with E-state index < -0.39 is 0 Å². The lowest BCUT2D eigenvalue weighted by Gasteiger charge is -2.04. The van der Waals surface area contributed by atoms with Crippen LogP contribution in [0.15, 0.2) is 53.3 Å². The number of benzene rings is 2. The molecular weight excluding hydrogens is 212 g/mol. The standard InChI is InChI=1S/C14H12N2O/c1-10-7-8-12-13(9-10)16(15-14(12)17)11-5-3-2-4-6-11/h2-9H,1H3,(H,15,17). The van der Waals surface area contributed by atoms with E-state index in [9.17, 15) is 4.79 Å². The van der Waals surface area contributed by atoms with E-state index in [4.69, 9.17) is 0 Å². The van der Waals surface area contributed by atoms with Crippen LogP contribution in [0.5, 0.6) is 0 Å². The van der Waals surface area contributed by atoms with Gasteiger partial charge in [-0.2, -0.15) is 0 Å². The summed E-state index contributed by atoms with van der Waals surface area (Å²) in [5.41, 5.74) is 2.97. The van der Waals surface area contributed by atoms with Gasteiger partial charge in [-0.15, -0.1) is 0 Å². The molecule has 3 aromatic rings. The van der Waals surface area contributed by atoms with Crippen LogP contribution in [0.25, 0.3) is 16.6 Å². The van der Waals surface area contributed by atoms with Crippen molar-refractivity contribution in [3.05, 3.63) is 64.4 Å². The van der Waals surface area contributed by atoms with Crippen LogP contribution in [-0.2, 0) is 0 Å². The molecule has 0 aliphatic carbocycles. The van der Waals surface area contributed by atoms with Crippen LogP contribution in [0.2, 0.25) is 0 Å². The van der Waals surface area contributed by atoms with Crippen LogP contribution in [-0.4, -0.2) is 9.78 Å².